The molecule has 3 nitrogen and oxygen atoms in total. The Morgan fingerprint density at radius 1 is 1.14 bits per heavy atom. The smallest absolute Gasteiger partial charge is 0.0838 e. The lowest BCUT2D eigenvalue weighted by molar-refractivity contribution is -0.110. The van der Waals surface area contributed by atoms with Gasteiger partial charge in [0.2, 0.25) is 0 Å². The van der Waals surface area contributed by atoms with Crippen LogP contribution in [0.1, 0.15) is 73.6 Å². The summed E-state index contributed by atoms with van der Waals surface area (Å²) >= 11 is 0. The van der Waals surface area contributed by atoms with E-state index in [9.17, 15) is 0 Å². The predicted octanol–water partition coefficient (Wildman–Crippen LogP) is 3.91. The number of ether oxygens (including phenoxy) is 2. The van der Waals surface area contributed by atoms with Gasteiger partial charge in [0.1, 0.15) is 0 Å². The minimum Gasteiger partial charge on any atom is -0.374 e. The molecule has 0 radical (unpaired) electrons. The van der Waals surface area contributed by atoms with Crippen LogP contribution in [0.25, 0.3) is 0 Å². The van der Waals surface area contributed by atoms with Crippen LogP contribution in [0, 0.1) is 5.92 Å². The normalized spacial score (nSPS) is 31.4. The zero-order valence-electron chi connectivity index (χ0n) is 14.9. The predicted molar refractivity (Wildman–Crippen MR) is 87.6 cm³/mol. The maximum Gasteiger partial charge on any atom is 0.0838 e. The van der Waals surface area contributed by atoms with Gasteiger partial charge in [0, 0.05) is 18.6 Å². The molecule has 0 aromatic carbocycles. The first-order chi connectivity index (χ1) is 9.76. The molecule has 0 aromatic rings. The van der Waals surface area contributed by atoms with E-state index >= 15 is 0 Å². The molecule has 124 valence electrons. The van der Waals surface area contributed by atoms with E-state index in [1.807, 2.05) is 0 Å². The maximum atomic E-state index is 6.36. The van der Waals surface area contributed by atoms with Gasteiger partial charge in [-0.1, -0.05) is 19.8 Å². The largest absolute Gasteiger partial charge is 0.374 e. The Balaban J connectivity index is 2.29. The Hall–Kier alpha value is -0.120. The average Bonchev–Trinajstić information content (AvgIpc) is 2.89. The third-order valence-electron chi connectivity index (χ3n) is 5.42. The van der Waals surface area contributed by atoms with Gasteiger partial charge in [0.15, 0.2) is 0 Å². The van der Waals surface area contributed by atoms with Crippen molar-refractivity contribution in [1.82, 2.24) is 5.32 Å². The first-order valence-electron chi connectivity index (χ1n) is 8.84. The Labute approximate surface area is 131 Å². The van der Waals surface area contributed by atoms with E-state index in [1.165, 1.54) is 25.7 Å². The first kappa shape index (κ1) is 17.2. The lowest BCUT2D eigenvalue weighted by Crippen LogP contribution is -2.58. The molecule has 2 unspecified atom stereocenters. The maximum absolute atomic E-state index is 6.36. The summed E-state index contributed by atoms with van der Waals surface area (Å²) < 4.78 is 12.7. The van der Waals surface area contributed by atoms with Gasteiger partial charge in [-0.2, -0.15) is 0 Å². The molecule has 0 amide bonds. The summed E-state index contributed by atoms with van der Waals surface area (Å²) in [6, 6.07) is 0.390. The first-order valence-corrected chi connectivity index (χ1v) is 8.84. The second kappa shape index (κ2) is 6.17. The zero-order chi connectivity index (χ0) is 15.7. The van der Waals surface area contributed by atoms with Gasteiger partial charge in [0.25, 0.3) is 0 Å². The van der Waals surface area contributed by atoms with Crippen LogP contribution >= 0.6 is 0 Å². The van der Waals surface area contributed by atoms with Crippen molar-refractivity contribution in [3.05, 3.63) is 0 Å². The quantitative estimate of drug-likeness (QED) is 0.806. The monoisotopic (exact) mass is 297 g/mol. The highest BCUT2D eigenvalue weighted by molar-refractivity contribution is 5.08. The summed E-state index contributed by atoms with van der Waals surface area (Å²) in [5.74, 6) is 0.497. The van der Waals surface area contributed by atoms with Crippen molar-refractivity contribution in [2.75, 3.05) is 13.2 Å². The third kappa shape index (κ3) is 3.46. The zero-order valence-corrected chi connectivity index (χ0v) is 14.9. The molecule has 2 fully saturated rings. The fourth-order valence-electron chi connectivity index (χ4n) is 4.84. The standard InChI is InChI=1S/C18H35NO2/c1-7-19-15(18(20-8-2)11-9-10-12-18)14-13-16(3,4)21-17(14,5)6/h14-15,19H,7-13H2,1-6H3. The van der Waals surface area contributed by atoms with Crippen molar-refractivity contribution in [3.63, 3.8) is 0 Å². The van der Waals surface area contributed by atoms with Gasteiger partial charge in [-0.15, -0.1) is 0 Å². The highest BCUT2D eigenvalue weighted by Gasteiger charge is 2.55. The summed E-state index contributed by atoms with van der Waals surface area (Å²) in [5, 5.41) is 3.78. The molecule has 0 aromatic heterocycles. The van der Waals surface area contributed by atoms with Crippen LogP contribution in [0.3, 0.4) is 0 Å². The van der Waals surface area contributed by atoms with Gasteiger partial charge in [-0.25, -0.2) is 0 Å². The Bertz CT molecular complexity index is 345. The third-order valence-corrected chi connectivity index (χ3v) is 5.42. The van der Waals surface area contributed by atoms with Gasteiger partial charge >= 0.3 is 0 Å². The molecule has 1 N–H and O–H groups in total. The summed E-state index contributed by atoms with van der Waals surface area (Å²) in [6.45, 7) is 15.1. The highest BCUT2D eigenvalue weighted by Crippen LogP contribution is 2.49. The number of likely N-dealkylation sites (N-methyl/N-ethyl adjacent to an activating group) is 1. The SMILES string of the molecule is CCNC(C1CC(C)(C)OC1(C)C)C1(OCC)CCCC1. The number of hydrogen-bond donors (Lipinski definition) is 1. The van der Waals surface area contributed by atoms with Crippen LogP contribution in [0.5, 0.6) is 0 Å². The molecule has 1 aliphatic carbocycles. The van der Waals surface area contributed by atoms with E-state index < -0.39 is 0 Å². The van der Waals surface area contributed by atoms with Crippen LogP contribution in [0.2, 0.25) is 0 Å². The minimum absolute atomic E-state index is 0.0104. The van der Waals surface area contributed by atoms with Crippen LogP contribution in [0.4, 0.5) is 0 Å². The van der Waals surface area contributed by atoms with E-state index in [2.05, 4.69) is 46.9 Å². The second-order valence-electron chi connectivity index (χ2n) is 8.02. The van der Waals surface area contributed by atoms with Crippen LogP contribution in [-0.2, 0) is 9.47 Å². The molecule has 2 rings (SSSR count). The fraction of sp³-hybridized carbons (Fsp3) is 1.00. The summed E-state index contributed by atoms with van der Waals surface area (Å²) in [5.41, 5.74) is -0.118. The molecule has 1 heterocycles. The van der Waals surface area contributed by atoms with Gasteiger partial charge in [0.05, 0.1) is 16.8 Å². The van der Waals surface area contributed by atoms with Crippen molar-refractivity contribution in [2.24, 2.45) is 5.92 Å². The van der Waals surface area contributed by atoms with Gasteiger partial charge < -0.3 is 14.8 Å². The number of hydrogen-bond acceptors (Lipinski definition) is 3. The molecule has 21 heavy (non-hydrogen) atoms. The number of nitrogens with one attached hydrogen (secondary N) is 1. The van der Waals surface area contributed by atoms with Crippen molar-refractivity contribution in [3.8, 4) is 0 Å². The van der Waals surface area contributed by atoms with Crippen molar-refractivity contribution >= 4 is 0 Å². The molecule has 1 saturated carbocycles. The molecule has 1 saturated heterocycles. The van der Waals surface area contributed by atoms with E-state index in [0.717, 1.165) is 19.6 Å². The van der Waals surface area contributed by atoms with Crippen molar-refractivity contribution in [2.45, 2.75) is 96.5 Å². The Morgan fingerprint density at radius 3 is 2.19 bits per heavy atom. The molecule has 2 atom stereocenters. The number of rotatable bonds is 6. The molecule has 2 aliphatic rings. The van der Waals surface area contributed by atoms with E-state index in [4.69, 9.17) is 9.47 Å². The van der Waals surface area contributed by atoms with Gasteiger partial charge in [-0.3, -0.25) is 0 Å². The van der Waals surface area contributed by atoms with Crippen LogP contribution < -0.4 is 5.32 Å². The van der Waals surface area contributed by atoms with Crippen molar-refractivity contribution in [1.29, 1.82) is 0 Å². The molecular weight excluding hydrogens is 262 g/mol. The van der Waals surface area contributed by atoms with E-state index in [-0.39, 0.29) is 16.8 Å². The molecular formula is C18H35NO2. The highest BCUT2D eigenvalue weighted by atomic mass is 16.5. The van der Waals surface area contributed by atoms with Crippen molar-refractivity contribution < 1.29 is 9.47 Å². The topological polar surface area (TPSA) is 30.5 Å². The molecule has 0 spiro atoms. The summed E-state index contributed by atoms with van der Waals surface area (Å²) in [6.07, 6.45) is 6.06. The Kier molecular flexibility index (Phi) is 5.07. The van der Waals surface area contributed by atoms with Crippen LogP contribution in [-0.4, -0.2) is 36.0 Å². The lowest BCUT2D eigenvalue weighted by atomic mass is 9.73. The molecule has 0 bridgehead atoms. The van der Waals surface area contributed by atoms with E-state index in [1.54, 1.807) is 0 Å². The lowest BCUT2D eigenvalue weighted by Gasteiger charge is -2.44. The summed E-state index contributed by atoms with van der Waals surface area (Å²) in [4.78, 5) is 0. The minimum atomic E-state index is -0.0942. The fourth-order valence-corrected chi connectivity index (χ4v) is 4.84. The summed E-state index contributed by atoms with van der Waals surface area (Å²) in [7, 11) is 0. The van der Waals surface area contributed by atoms with Crippen LogP contribution in [0.15, 0.2) is 0 Å². The van der Waals surface area contributed by atoms with E-state index in [0.29, 0.717) is 12.0 Å². The second-order valence-corrected chi connectivity index (χ2v) is 8.02. The average molecular weight is 297 g/mol. The molecule has 1 aliphatic heterocycles. The van der Waals surface area contributed by atoms with Gasteiger partial charge in [-0.05, 0) is 60.4 Å². The molecule has 3 heteroatoms. The Morgan fingerprint density at radius 2 is 1.76 bits per heavy atom.